The van der Waals surface area contributed by atoms with Gasteiger partial charge in [-0.15, -0.1) is 11.3 Å². The molecule has 5 nitrogen and oxygen atoms in total. The maximum Gasteiger partial charge on any atom is 0.341 e. The van der Waals surface area contributed by atoms with Crippen molar-refractivity contribution in [3.63, 3.8) is 0 Å². The highest BCUT2D eigenvalue weighted by Crippen LogP contribution is 2.34. The number of aryl methyl sites for hydroxylation is 2. The van der Waals surface area contributed by atoms with Gasteiger partial charge in [0.15, 0.2) is 0 Å². The van der Waals surface area contributed by atoms with Crippen molar-refractivity contribution in [3.8, 4) is 11.3 Å². The number of carbonyl (C=O) groups is 2. The third kappa shape index (κ3) is 4.14. The second kappa shape index (κ2) is 8.93. The average molecular weight is 445 g/mol. The zero-order valence-corrected chi connectivity index (χ0v) is 19.3. The molecule has 0 aliphatic heterocycles. The van der Waals surface area contributed by atoms with Crippen LogP contribution in [0.2, 0.25) is 0 Å². The standard InChI is InChI=1S/C26H24N2O3S/c1-5-31-26(30)23-16(3)17(4)32-25(23)28-24(29)20-14-22(18-12-10-15(2)11-13-18)27-21-9-7-6-8-19(20)21/h6-14H,5H2,1-4H3,(H,28,29). The van der Waals surface area contributed by atoms with E-state index in [1.165, 1.54) is 11.3 Å². The highest BCUT2D eigenvalue weighted by Gasteiger charge is 2.23. The number of aromatic nitrogens is 1. The van der Waals surface area contributed by atoms with E-state index in [1.54, 1.807) is 13.0 Å². The molecule has 0 spiro atoms. The van der Waals surface area contributed by atoms with Crippen LogP contribution in [0.1, 0.15) is 43.6 Å². The fourth-order valence-corrected chi connectivity index (χ4v) is 4.61. The van der Waals surface area contributed by atoms with Crippen LogP contribution < -0.4 is 5.32 Å². The Morgan fingerprint density at radius 3 is 2.47 bits per heavy atom. The summed E-state index contributed by atoms with van der Waals surface area (Å²) in [4.78, 5) is 31.7. The van der Waals surface area contributed by atoms with Gasteiger partial charge >= 0.3 is 5.97 Å². The minimum absolute atomic E-state index is 0.273. The number of para-hydroxylation sites is 1. The monoisotopic (exact) mass is 444 g/mol. The molecule has 0 saturated carbocycles. The zero-order valence-electron chi connectivity index (χ0n) is 18.5. The van der Waals surface area contributed by atoms with E-state index in [0.717, 1.165) is 38.2 Å². The molecule has 4 rings (SSSR count). The third-order valence-electron chi connectivity index (χ3n) is 5.40. The second-order valence-electron chi connectivity index (χ2n) is 7.60. The van der Waals surface area contributed by atoms with Crippen LogP contribution in [0.5, 0.6) is 0 Å². The van der Waals surface area contributed by atoms with E-state index in [4.69, 9.17) is 9.72 Å². The second-order valence-corrected chi connectivity index (χ2v) is 8.82. The van der Waals surface area contributed by atoms with Gasteiger partial charge in [-0.25, -0.2) is 9.78 Å². The average Bonchev–Trinajstić information content (AvgIpc) is 3.06. The van der Waals surface area contributed by atoms with E-state index in [9.17, 15) is 9.59 Å². The van der Waals surface area contributed by atoms with Crippen LogP contribution in [-0.2, 0) is 4.74 Å². The number of pyridine rings is 1. The predicted molar refractivity (Wildman–Crippen MR) is 130 cm³/mol. The quantitative estimate of drug-likeness (QED) is 0.366. The Kier molecular flexibility index (Phi) is 6.06. The molecule has 0 radical (unpaired) electrons. The van der Waals surface area contributed by atoms with E-state index in [-0.39, 0.29) is 12.5 Å². The molecule has 0 saturated heterocycles. The lowest BCUT2D eigenvalue weighted by molar-refractivity contribution is 0.0527. The largest absolute Gasteiger partial charge is 0.462 e. The SMILES string of the molecule is CCOC(=O)c1c(NC(=O)c2cc(-c3ccc(C)cc3)nc3ccccc23)sc(C)c1C. The lowest BCUT2D eigenvalue weighted by atomic mass is 10.0. The summed E-state index contributed by atoms with van der Waals surface area (Å²) >= 11 is 1.38. The fraction of sp³-hybridized carbons (Fsp3) is 0.192. The molecule has 2 aromatic carbocycles. The number of fused-ring (bicyclic) bond motifs is 1. The minimum atomic E-state index is -0.426. The van der Waals surface area contributed by atoms with Crippen LogP contribution in [0, 0.1) is 20.8 Å². The smallest absolute Gasteiger partial charge is 0.341 e. The van der Waals surface area contributed by atoms with Gasteiger partial charge in [-0.2, -0.15) is 0 Å². The molecule has 1 amide bonds. The van der Waals surface area contributed by atoms with Gasteiger partial charge in [-0.1, -0.05) is 48.0 Å². The Bertz CT molecular complexity index is 1320. The van der Waals surface area contributed by atoms with Crippen LogP contribution in [0.4, 0.5) is 5.00 Å². The Labute approximate surface area is 191 Å². The van der Waals surface area contributed by atoms with Gasteiger partial charge in [0.25, 0.3) is 5.91 Å². The first-order chi connectivity index (χ1) is 15.4. The Morgan fingerprint density at radius 1 is 1.03 bits per heavy atom. The number of nitrogens with one attached hydrogen (secondary N) is 1. The number of thiophene rings is 1. The van der Waals surface area contributed by atoms with Gasteiger partial charge < -0.3 is 10.1 Å². The normalized spacial score (nSPS) is 10.9. The van der Waals surface area contributed by atoms with Gasteiger partial charge in [0.05, 0.1) is 28.9 Å². The van der Waals surface area contributed by atoms with Gasteiger partial charge in [-0.05, 0) is 45.4 Å². The number of esters is 1. The van der Waals surface area contributed by atoms with Crippen LogP contribution >= 0.6 is 11.3 Å². The maximum absolute atomic E-state index is 13.4. The molecule has 0 aliphatic rings. The number of benzene rings is 2. The fourth-order valence-electron chi connectivity index (χ4n) is 3.57. The number of hydrogen-bond donors (Lipinski definition) is 1. The van der Waals surface area contributed by atoms with Crippen molar-refractivity contribution < 1.29 is 14.3 Å². The summed E-state index contributed by atoms with van der Waals surface area (Å²) in [5, 5.41) is 4.21. The van der Waals surface area contributed by atoms with Crippen molar-refractivity contribution in [2.45, 2.75) is 27.7 Å². The first kappa shape index (κ1) is 21.7. The molecule has 0 bridgehead atoms. The first-order valence-electron chi connectivity index (χ1n) is 10.4. The summed E-state index contributed by atoms with van der Waals surface area (Å²) in [5.41, 5.74) is 5.29. The number of hydrogen-bond acceptors (Lipinski definition) is 5. The molecule has 0 atom stereocenters. The zero-order chi connectivity index (χ0) is 22.8. The number of carbonyl (C=O) groups excluding carboxylic acids is 2. The lowest BCUT2D eigenvalue weighted by Gasteiger charge is -2.11. The highest BCUT2D eigenvalue weighted by molar-refractivity contribution is 7.16. The number of nitrogens with zero attached hydrogens (tertiary/aromatic N) is 1. The van der Waals surface area contributed by atoms with Crippen molar-refractivity contribution in [3.05, 3.63) is 81.7 Å². The summed E-state index contributed by atoms with van der Waals surface area (Å²) in [6.45, 7) is 7.86. The summed E-state index contributed by atoms with van der Waals surface area (Å²) < 4.78 is 5.21. The van der Waals surface area contributed by atoms with Crippen LogP contribution in [-0.4, -0.2) is 23.5 Å². The first-order valence-corrected chi connectivity index (χ1v) is 11.3. The molecule has 6 heteroatoms. The van der Waals surface area contributed by atoms with Gasteiger partial charge in [0.1, 0.15) is 5.00 Å². The molecule has 1 N–H and O–H groups in total. The summed E-state index contributed by atoms with van der Waals surface area (Å²) in [6.07, 6.45) is 0. The van der Waals surface area contributed by atoms with Gasteiger partial charge in [-0.3, -0.25) is 4.79 Å². The highest BCUT2D eigenvalue weighted by atomic mass is 32.1. The molecular formula is C26H24N2O3S. The minimum Gasteiger partial charge on any atom is -0.462 e. The molecule has 162 valence electrons. The third-order valence-corrected chi connectivity index (χ3v) is 6.52. The Balaban J connectivity index is 1.78. The van der Waals surface area contributed by atoms with Crippen LogP contribution in [0.25, 0.3) is 22.2 Å². The molecule has 4 aromatic rings. The Hall–Kier alpha value is -3.51. The van der Waals surface area contributed by atoms with Crippen molar-refractivity contribution in [2.24, 2.45) is 0 Å². The van der Waals surface area contributed by atoms with E-state index < -0.39 is 5.97 Å². The summed E-state index contributed by atoms with van der Waals surface area (Å²) in [5.74, 6) is -0.714. The Morgan fingerprint density at radius 2 is 1.75 bits per heavy atom. The number of ether oxygens (including phenoxy) is 1. The van der Waals surface area contributed by atoms with Crippen LogP contribution in [0.3, 0.4) is 0 Å². The summed E-state index contributed by atoms with van der Waals surface area (Å²) in [7, 11) is 0. The predicted octanol–water partition coefficient (Wildman–Crippen LogP) is 6.32. The van der Waals surface area contributed by atoms with E-state index in [2.05, 4.69) is 5.32 Å². The molecule has 0 fully saturated rings. The van der Waals surface area contributed by atoms with Crippen molar-refractivity contribution in [2.75, 3.05) is 11.9 Å². The van der Waals surface area contributed by atoms with Crippen molar-refractivity contribution >= 4 is 39.1 Å². The lowest BCUT2D eigenvalue weighted by Crippen LogP contribution is -2.15. The molecule has 0 aliphatic carbocycles. The topological polar surface area (TPSA) is 68.3 Å². The van der Waals surface area contributed by atoms with Crippen LogP contribution in [0.15, 0.2) is 54.6 Å². The maximum atomic E-state index is 13.4. The van der Waals surface area contributed by atoms with Gasteiger partial charge in [0, 0.05) is 15.8 Å². The molecule has 32 heavy (non-hydrogen) atoms. The molecule has 0 unspecified atom stereocenters. The van der Waals surface area contributed by atoms with E-state index in [0.29, 0.717) is 16.1 Å². The number of amides is 1. The molecule has 2 heterocycles. The number of anilines is 1. The van der Waals surface area contributed by atoms with Crippen molar-refractivity contribution in [1.82, 2.24) is 4.98 Å². The number of rotatable bonds is 5. The molecular weight excluding hydrogens is 420 g/mol. The van der Waals surface area contributed by atoms with Crippen molar-refractivity contribution in [1.29, 1.82) is 0 Å². The van der Waals surface area contributed by atoms with E-state index in [1.807, 2.05) is 69.3 Å². The van der Waals surface area contributed by atoms with Gasteiger partial charge in [0.2, 0.25) is 0 Å². The summed E-state index contributed by atoms with van der Waals surface area (Å²) in [6, 6.07) is 17.4. The molecule has 2 aromatic heterocycles. The van der Waals surface area contributed by atoms with E-state index >= 15 is 0 Å².